The van der Waals surface area contributed by atoms with E-state index in [9.17, 15) is 4.79 Å². The Balaban J connectivity index is 2.61. The largest absolute Gasteiger partial charge is 0.496 e. The molecular formula is C13H12N2O4. The van der Waals surface area contributed by atoms with Crippen molar-refractivity contribution in [3.63, 3.8) is 0 Å². The number of benzene rings is 1. The highest BCUT2D eigenvalue weighted by molar-refractivity contribution is 5.84. The molecule has 98 valence electrons. The van der Waals surface area contributed by atoms with Crippen LogP contribution in [-0.4, -0.2) is 35.3 Å². The highest BCUT2D eigenvalue weighted by Gasteiger charge is 2.14. The zero-order valence-electron chi connectivity index (χ0n) is 10.5. The average Bonchev–Trinajstić information content (AvgIpc) is 2.46. The van der Waals surface area contributed by atoms with Gasteiger partial charge in [-0.3, -0.25) is 0 Å². The number of hydrogen-bond donors (Lipinski definition) is 1. The molecule has 6 heteroatoms. The molecular weight excluding hydrogens is 248 g/mol. The Morgan fingerprint density at radius 3 is 2.53 bits per heavy atom. The predicted octanol–water partition coefficient (Wildman–Crippen LogP) is 1.86. The number of carboxylic acid groups (broad SMARTS) is 1. The van der Waals surface area contributed by atoms with Gasteiger partial charge in [-0.05, 0) is 12.1 Å². The van der Waals surface area contributed by atoms with E-state index in [0.29, 0.717) is 17.0 Å². The molecule has 0 atom stereocenters. The lowest BCUT2D eigenvalue weighted by Crippen LogP contribution is -2.06. The number of rotatable bonds is 4. The fourth-order valence-corrected chi connectivity index (χ4v) is 1.62. The standard InChI is InChI=1S/C13H12N2O4/c1-18-10-6-4-3-5-8(10)9-7-11(19-2)15-12(14-9)13(16)17/h3-7H,1-2H3,(H,16,17). The fourth-order valence-electron chi connectivity index (χ4n) is 1.62. The van der Waals surface area contributed by atoms with Crippen LogP contribution < -0.4 is 9.47 Å². The van der Waals surface area contributed by atoms with E-state index in [2.05, 4.69) is 9.97 Å². The van der Waals surface area contributed by atoms with Gasteiger partial charge in [0.25, 0.3) is 0 Å². The van der Waals surface area contributed by atoms with Crippen molar-refractivity contribution in [2.24, 2.45) is 0 Å². The van der Waals surface area contributed by atoms with Crippen molar-refractivity contribution in [2.75, 3.05) is 14.2 Å². The summed E-state index contributed by atoms with van der Waals surface area (Å²) >= 11 is 0. The molecule has 2 rings (SSSR count). The van der Waals surface area contributed by atoms with Crippen LogP contribution in [0.1, 0.15) is 10.6 Å². The molecule has 0 aliphatic carbocycles. The minimum Gasteiger partial charge on any atom is -0.496 e. The topological polar surface area (TPSA) is 81.5 Å². The monoisotopic (exact) mass is 260 g/mol. The molecule has 0 bridgehead atoms. The third-order valence-corrected chi connectivity index (χ3v) is 2.49. The molecule has 1 aromatic carbocycles. The highest BCUT2D eigenvalue weighted by Crippen LogP contribution is 2.29. The molecule has 0 fully saturated rings. The minimum absolute atomic E-state index is 0.188. The van der Waals surface area contributed by atoms with E-state index in [-0.39, 0.29) is 11.7 Å². The van der Waals surface area contributed by atoms with Crippen LogP contribution >= 0.6 is 0 Å². The third-order valence-electron chi connectivity index (χ3n) is 2.49. The van der Waals surface area contributed by atoms with Gasteiger partial charge >= 0.3 is 5.97 Å². The first-order chi connectivity index (χ1) is 9.15. The highest BCUT2D eigenvalue weighted by atomic mass is 16.5. The quantitative estimate of drug-likeness (QED) is 0.903. The lowest BCUT2D eigenvalue weighted by atomic mass is 10.1. The second-order valence-electron chi connectivity index (χ2n) is 3.62. The number of aromatic nitrogens is 2. The predicted molar refractivity (Wildman–Crippen MR) is 67.5 cm³/mol. The first-order valence-corrected chi connectivity index (χ1v) is 5.45. The maximum Gasteiger partial charge on any atom is 0.374 e. The van der Waals surface area contributed by atoms with Gasteiger partial charge in [-0.15, -0.1) is 0 Å². The van der Waals surface area contributed by atoms with Gasteiger partial charge < -0.3 is 14.6 Å². The van der Waals surface area contributed by atoms with Gasteiger partial charge in [-0.1, -0.05) is 12.1 Å². The van der Waals surface area contributed by atoms with E-state index >= 15 is 0 Å². The van der Waals surface area contributed by atoms with Gasteiger partial charge in [-0.2, -0.15) is 4.98 Å². The zero-order chi connectivity index (χ0) is 13.8. The normalized spacial score (nSPS) is 10.0. The summed E-state index contributed by atoms with van der Waals surface area (Å²) in [5, 5.41) is 8.99. The van der Waals surface area contributed by atoms with Crippen LogP contribution in [0.15, 0.2) is 30.3 Å². The Morgan fingerprint density at radius 1 is 1.16 bits per heavy atom. The maximum atomic E-state index is 11.0. The summed E-state index contributed by atoms with van der Waals surface area (Å²) < 4.78 is 10.2. The number of aromatic carboxylic acids is 1. The summed E-state index contributed by atoms with van der Waals surface area (Å²) in [6.07, 6.45) is 0. The summed E-state index contributed by atoms with van der Waals surface area (Å²) in [4.78, 5) is 18.7. The number of methoxy groups -OCH3 is 2. The van der Waals surface area contributed by atoms with Crippen LogP contribution in [0.3, 0.4) is 0 Å². The summed E-state index contributed by atoms with van der Waals surface area (Å²) in [6, 6.07) is 8.74. The van der Waals surface area contributed by atoms with Crippen LogP contribution in [0.2, 0.25) is 0 Å². The molecule has 1 heterocycles. The molecule has 1 aromatic heterocycles. The minimum atomic E-state index is -1.21. The van der Waals surface area contributed by atoms with Gasteiger partial charge in [-0.25, -0.2) is 9.78 Å². The smallest absolute Gasteiger partial charge is 0.374 e. The van der Waals surface area contributed by atoms with E-state index in [1.165, 1.54) is 14.2 Å². The second kappa shape index (κ2) is 5.34. The van der Waals surface area contributed by atoms with Gasteiger partial charge in [0.05, 0.1) is 19.9 Å². The molecule has 19 heavy (non-hydrogen) atoms. The summed E-state index contributed by atoms with van der Waals surface area (Å²) in [6.45, 7) is 0. The van der Waals surface area contributed by atoms with Crippen LogP contribution in [-0.2, 0) is 0 Å². The summed E-state index contributed by atoms with van der Waals surface area (Å²) in [5.41, 5.74) is 1.11. The van der Waals surface area contributed by atoms with Crippen molar-refractivity contribution in [2.45, 2.75) is 0 Å². The Kier molecular flexibility index (Phi) is 3.61. The Labute approximate surface area is 109 Å². The molecule has 0 saturated heterocycles. The van der Waals surface area contributed by atoms with E-state index < -0.39 is 5.97 Å². The molecule has 1 N–H and O–H groups in total. The Bertz CT molecular complexity index is 613. The van der Waals surface area contributed by atoms with Crippen molar-refractivity contribution < 1.29 is 19.4 Å². The average molecular weight is 260 g/mol. The number of nitrogens with zero attached hydrogens (tertiary/aromatic N) is 2. The summed E-state index contributed by atoms with van der Waals surface area (Å²) in [7, 11) is 2.95. The van der Waals surface area contributed by atoms with Crippen molar-refractivity contribution in [3.8, 4) is 22.9 Å². The lowest BCUT2D eigenvalue weighted by Gasteiger charge is -2.09. The van der Waals surface area contributed by atoms with Crippen LogP contribution in [0.25, 0.3) is 11.3 Å². The van der Waals surface area contributed by atoms with Gasteiger partial charge in [0.2, 0.25) is 11.7 Å². The van der Waals surface area contributed by atoms with Crippen LogP contribution in [0.4, 0.5) is 0 Å². The van der Waals surface area contributed by atoms with Gasteiger partial charge in [0.1, 0.15) is 5.75 Å². The Morgan fingerprint density at radius 2 is 1.89 bits per heavy atom. The maximum absolute atomic E-state index is 11.0. The molecule has 0 unspecified atom stereocenters. The molecule has 6 nitrogen and oxygen atoms in total. The molecule has 2 aromatic rings. The first kappa shape index (κ1) is 12.8. The van der Waals surface area contributed by atoms with Crippen LogP contribution in [0, 0.1) is 0 Å². The van der Waals surface area contributed by atoms with Gasteiger partial charge in [0, 0.05) is 11.6 Å². The number of para-hydroxylation sites is 1. The number of carboxylic acids is 1. The van der Waals surface area contributed by atoms with Crippen molar-refractivity contribution in [1.82, 2.24) is 9.97 Å². The summed E-state index contributed by atoms with van der Waals surface area (Å²) in [5.74, 6) is -0.747. The van der Waals surface area contributed by atoms with E-state index in [4.69, 9.17) is 14.6 Å². The van der Waals surface area contributed by atoms with Crippen LogP contribution in [0.5, 0.6) is 11.6 Å². The van der Waals surface area contributed by atoms with E-state index in [1.54, 1.807) is 18.2 Å². The SMILES string of the molecule is COc1cc(-c2ccccc2OC)nc(C(=O)O)n1. The van der Waals surface area contributed by atoms with Crippen molar-refractivity contribution >= 4 is 5.97 Å². The number of hydrogen-bond acceptors (Lipinski definition) is 5. The molecule has 0 aliphatic rings. The molecule has 0 spiro atoms. The third kappa shape index (κ3) is 2.62. The fraction of sp³-hybridized carbons (Fsp3) is 0.154. The van der Waals surface area contributed by atoms with Crippen molar-refractivity contribution in [1.29, 1.82) is 0 Å². The van der Waals surface area contributed by atoms with Crippen molar-refractivity contribution in [3.05, 3.63) is 36.2 Å². The first-order valence-electron chi connectivity index (χ1n) is 5.45. The molecule has 0 saturated carbocycles. The lowest BCUT2D eigenvalue weighted by molar-refractivity contribution is 0.0682. The molecule has 0 aliphatic heterocycles. The number of ether oxygens (including phenoxy) is 2. The van der Waals surface area contributed by atoms with Gasteiger partial charge in [0.15, 0.2) is 0 Å². The number of carbonyl (C=O) groups is 1. The van der Waals surface area contributed by atoms with E-state index in [0.717, 1.165) is 0 Å². The molecule has 0 radical (unpaired) electrons. The second-order valence-corrected chi connectivity index (χ2v) is 3.62. The zero-order valence-corrected chi connectivity index (χ0v) is 10.5. The molecule has 0 amide bonds. The Hall–Kier alpha value is -2.63. The van der Waals surface area contributed by atoms with E-state index in [1.807, 2.05) is 12.1 Å².